The smallest absolute Gasteiger partial charge is 0.256 e. The van der Waals surface area contributed by atoms with E-state index in [0.717, 1.165) is 31.6 Å². The normalized spacial score (nSPS) is 13.5. The Morgan fingerprint density at radius 3 is 3.14 bits per heavy atom. The summed E-state index contributed by atoms with van der Waals surface area (Å²) in [7, 11) is 1.30. The molecule has 1 aliphatic heterocycles. The number of nitrogens with one attached hydrogen (secondary N) is 1. The van der Waals surface area contributed by atoms with Crippen LogP contribution in [0.1, 0.15) is 34.8 Å². The van der Waals surface area contributed by atoms with Crippen molar-refractivity contribution in [3.8, 4) is 5.75 Å². The Bertz CT molecular complexity index is 701. The molecule has 0 aliphatic carbocycles. The number of aryl methyl sites for hydroxylation is 1. The molecular formula is C14H16FN5O2. The summed E-state index contributed by atoms with van der Waals surface area (Å²) < 4.78 is 20.4. The van der Waals surface area contributed by atoms with E-state index in [0.29, 0.717) is 5.82 Å². The Labute approximate surface area is 126 Å². The Balaban J connectivity index is 1.73. The summed E-state index contributed by atoms with van der Waals surface area (Å²) in [5, 5.41) is 10.9. The topological polar surface area (TPSA) is 81.9 Å². The van der Waals surface area contributed by atoms with Crippen LogP contribution in [0.2, 0.25) is 0 Å². The van der Waals surface area contributed by atoms with Gasteiger partial charge >= 0.3 is 0 Å². The Morgan fingerprint density at radius 2 is 2.32 bits per heavy atom. The van der Waals surface area contributed by atoms with Gasteiger partial charge in [-0.25, -0.2) is 4.98 Å². The number of ether oxygens (including phenoxy) is 1. The first-order valence-corrected chi connectivity index (χ1v) is 7.08. The lowest BCUT2D eigenvalue weighted by Crippen LogP contribution is -2.26. The van der Waals surface area contributed by atoms with Crippen LogP contribution >= 0.6 is 0 Å². The Kier molecular flexibility index (Phi) is 3.99. The van der Waals surface area contributed by atoms with Crippen LogP contribution in [-0.4, -0.2) is 32.8 Å². The van der Waals surface area contributed by atoms with Crippen LogP contribution in [0.3, 0.4) is 0 Å². The van der Waals surface area contributed by atoms with Gasteiger partial charge in [0.15, 0.2) is 11.6 Å². The highest BCUT2D eigenvalue weighted by molar-refractivity contribution is 5.96. The van der Waals surface area contributed by atoms with Crippen LogP contribution in [0, 0.1) is 5.95 Å². The van der Waals surface area contributed by atoms with E-state index >= 15 is 0 Å². The molecule has 2 aromatic rings. The number of fused-ring (bicyclic) bond motifs is 1. The van der Waals surface area contributed by atoms with E-state index in [1.807, 2.05) is 4.57 Å². The predicted octanol–water partition coefficient (Wildman–Crippen LogP) is 1.09. The van der Waals surface area contributed by atoms with E-state index in [-0.39, 0.29) is 17.9 Å². The van der Waals surface area contributed by atoms with Gasteiger partial charge in [0.2, 0.25) is 0 Å². The van der Waals surface area contributed by atoms with E-state index in [9.17, 15) is 9.18 Å². The van der Waals surface area contributed by atoms with Gasteiger partial charge < -0.3 is 14.6 Å². The fourth-order valence-corrected chi connectivity index (χ4v) is 2.55. The van der Waals surface area contributed by atoms with Gasteiger partial charge in [-0.1, -0.05) is 0 Å². The molecule has 1 amide bonds. The van der Waals surface area contributed by atoms with Gasteiger partial charge in [-0.3, -0.25) is 4.79 Å². The molecule has 116 valence electrons. The molecule has 22 heavy (non-hydrogen) atoms. The zero-order valence-electron chi connectivity index (χ0n) is 12.2. The molecule has 0 atom stereocenters. The molecule has 2 aromatic heterocycles. The van der Waals surface area contributed by atoms with Crippen LogP contribution in [0.4, 0.5) is 4.39 Å². The third-order valence-electron chi connectivity index (χ3n) is 3.65. The number of carbonyl (C=O) groups is 1. The van der Waals surface area contributed by atoms with Gasteiger partial charge in [0, 0.05) is 19.2 Å². The van der Waals surface area contributed by atoms with Crippen molar-refractivity contribution in [3.63, 3.8) is 0 Å². The third-order valence-corrected chi connectivity index (χ3v) is 3.65. The van der Waals surface area contributed by atoms with Crippen molar-refractivity contribution in [2.24, 2.45) is 0 Å². The first-order chi connectivity index (χ1) is 10.7. The fraction of sp³-hybridized carbons (Fsp3) is 0.429. The molecule has 3 rings (SSSR count). The average Bonchev–Trinajstić information content (AvgIpc) is 2.95. The van der Waals surface area contributed by atoms with Crippen molar-refractivity contribution in [1.82, 2.24) is 25.1 Å². The van der Waals surface area contributed by atoms with Crippen molar-refractivity contribution in [2.75, 3.05) is 7.11 Å². The first kappa shape index (κ1) is 14.4. The molecule has 0 fully saturated rings. The van der Waals surface area contributed by atoms with Crippen molar-refractivity contribution in [1.29, 1.82) is 0 Å². The monoisotopic (exact) mass is 305 g/mol. The second-order valence-corrected chi connectivity index (χ2v) is 5.01. The number of amides is 1. The lowest BCUT2D eigenvalue weighted by Gasteiger charge is -2.15. The summed E-state index contributed by atoms with van der Waals surface area (Å²) in [6.45, 7) is 1.10. The van der Waals surface area contributed by atoms with Gasteiger partial charge in [0.1, 0.15) is 5.82 Å². The maximum atomic E-state index is 13.5. The molecule has 7 nitrogen and oxygen atoms in total. The minimum atomic E-state index is -0.810. The maximum Gasteiger partial charge on any atom is 0.256 e. The van der Waals surface area contributed by atoms with Gasteiger partial charge in [-0.2, -0.15) is 4.39 Å². The molecule has 0 bridgehead atoms. The van der Waals surface area contributed by atoms with E-state index in [4.69, 9.17) is 4.74 Å². The van der Waals surface area contributed by atoms with Crippen molar-refractivity contribution >= 4 is 5.91 Å². The third kappa shape index (κ3) is 2.63. The van der Waals surface area contributed by atoms with Crippen LogP contribution in [0.5, 0.6) is 5.75 Å². The van der Waals surface area contributed by atoms with Crippen LogP contribution in [-0.2, 0) is 19.5 Å². The van der Waals surface area contributed by atoms with E-state index in [1.165, 1.54) is 19.4 Å². The molecule has 1 aliphatic rings. The number of hydrogen-bond donors (Lipinski definition) is 1. The number of rotatable bonds is 4. The van der Waals surface area contributed by atoms with Gasteiger partial charge in [0.25, 0.3) is 11.9 Å². The zero-order valence-corrected chi connectivity index (χ0v) is 12.2. The number of pyridine rings is 1. The van der Waals surface area contributed by atoms with Crippen molar-refractivity contribution in [3.05, 3.63) is 35.4 Å². The summed E-state index contributed by atoms with van der Waals surface area (Å²) in [5.41, 5.74) is 0.105. The summed E-state index contributed by atoms with van der Waals surface area (Å²) >= 11 is 0. The fourth-order valence-electron chi connectivity index (χ4n) is 2.55. The molecule has 1 N–H and O–H groups in total. The average molecular weight is 305 g/mol. The molecule has 0 saturated heterocycles. The number of halogens is 1. The lowest BCUT2D eigenvalue weighted by atomic mass is 10.1. The summed E-state index contributed by atoms with van der Waals surface area (Å²) in [5.74, 6) is 0.240. The SMILES string of the molecule is COc1c(C(=O)NCc2nnc3n2CCCC3)ccnc1F. The molecule has 8 heteroatoms. The zero-order chi connectivity index (χ0) is 15.5. The van der Waals surface area contributed by atoms with E-state index in [1.54, 1.807) is 0 Å². The molecule has 0 radical (unpaired) electrons. The number of methoxy groups -OCH3 is 1. The van der Waals surface area contributed by atoms with Crippen molar-refractivity contribution in [2.45, 2.75) is 32.4 Å². The van der Waals surface area contributed by atoms with Gasteiger partial charge in [0.05, 0.1) is 19.2 Å². The number of nitrogens with zero attached hydrogens (tertiary/aromatic N) is 4. The van der Waals surface area contributed by atoms with Crippen LogP contribution < -0.4 is 10.1 Å². The summed E-state index contributed by atoms with van der Waals surface area (Å²) in [6, 6.07) is 1.41. The van der Waals surface area contributed by atoms with Crippen LogP contribution in [0.25, 0.3) is 0 Å². The highest BCUT2D eigenvalue weighted by Gasteiger charge is 2.19. The van der Waals surface area contributed by atoms with E-state index < -0.39 is 11.9 Å². The summed E-state index contributed by atoms with van der Waals surface area (Å²) in [6.07, 6.45) is 4.32. The highest BCUT2D eigenvalue weighted by Crippen LogP contribution is 2.20. The van der Waals surface area contributed by atoms with Gasteiger partial charge in [-0.05, 0) is 18.9 Å². The molecule has 3 heterocycles. The maximum absolute atomic E-state index is 13.5. The minimum absolute atomic E-state index is 0.105. The number of aromatic nitrogens is 4. The molecule has 0 spiro atoms. The van der Waals surface area contributed by atoms with Crippen molar-refractivity contribution < 1.29 is 13.9 Å². The van der Waals surface area contributed by atoms with Gasteiger partial charge in [-0.15, -0.1) is 10.2 Å². The van der Waals surface area contributed by atoms with E-state index in [2.05, 4.69) is 20.5 Å². The molecule has 0 saturated carbocycles. The predicted molar refractivity (Wildman–Crippen MR) is 74.9 cm³/mol. The quantitative estimate of drug-likeness (QED) is 0.855. The lowest BCUT2D eigenvalue weighted by molar-refractivity contribution is 0.0945. The Hall–Kier alpha value is -2.51. The number of hydrogen-bond acceptors (Lipinski definition) is 5. The Morgan fingerprint density at radius 1 is 1.45 bits per heavy atom. The number of carbonyl (C=O) groups excluding carboxylic acids is 1. The molecular weight excluding hydrogens is 289 g/mol. The highest BCUT2D eigenvalue weighted by atomic mass is 19.1. The first-order valence-electron chi connectivity index (χ1n) is 7.08. The second-order valence-electron chi connectivity index (χ2n) is 5.01. The van der Waals surface area contributed by atoms with Crippen LogP contribution in [0.15, 0.2) is 12.3 Å². The molecule has 0 aromatic carbocycles. The second kappa shape index (κ2) is 6.08. The molecule has 0 unspecified atom stereocenters. The largest absolute Gasteiger partial charge is 0.491 e. The summed E-state index contributed by atoms with van der Waals surface area (Å²) in [4.78, 5) is 15.7. The minimum Gasteiger partial charge on any atom is -0.491 e. The standard InChI is InChI=1S/C14H16FN5O2/c1-22-12-9(5-6-16-13(12)15)14(21)17-8-11-19-18-10-4-2-3-7-20(10)11/h5-6H,2-4,7-8H2,1H3,(H,17,21).